The molecule has 5 heteroatoms. The van der Waals surface area contributed by atoms with Crippen LogP contribution in [0.2, 0.25) is 5.02 Å². The zero-order valence-corrected chi connectivity index (χ0v) is 10.4. The molecule has 0 aliphatic rings. The number of carbonyl (C=O) groups excluding carboxylic acids is 1. The second-order valence-corrected chi connectivity index (χ2v) is 4.17. The van der Waals surface area contributed by atoms with Crippen LogP contribution in [0, 0.1) is 5.92 Å². The largest absolute Gasteiger partial charge is 0.478 e. The molecule has 0 saturated heterocycles. The van der Waals surface area contributed by atoms with E-state index in [2.05, 4.69) is 5.32 Å². The monoisotopic (exact) mass is 255 g/mol. The molecular formula is C12H14ClNO3. The van der Waals surface area contributed by atoms with Crippen molar-refractivity contribution in [3.63, 3.8) is 0 Å². The number of hydrogen-bond donors (Lipinski definition) is 2. The van der Waals surface area contributed by atoms with Crippen LogP contribution in [-0.4, -0.2) is 17.0 Å². The summed E-state index contributed by atoms with van der Waals surface area (Å²) in [5, 5.41) is 11.8. The fourth-order valence-corrected chi connectivity index (χ4v) is 1.48. The number of carboxylic acids is 1. The number of rotatable bonds is 4. The van der Waals surface area contributed by atoms with Gasteiger partial charge in [-0.05, 0) is 18.6 Å². The highest BCUT2D eigenvalue weighted by molar-refractivity contribution is 6.34. The number of halogens is 1. The second kappa shape index (κ2) is 5.68. The van der Waals surface area contributed by atoms with E-state index in [1.807, 2.05) is 6.92 Å². The maximum absolute atomic E-state index is 11.7. The Hall–Kier alpha value is -1.55. The number of carbonyl (C=O) groups is 2. The highest BCUT2D eigenvalue weighted by Gasteiger charge is 2.17. The summed E-state index contributed by atoms with van der Waals surface area (Å²) in [6.45, 7) is 3.65. The van der Waals surface area contributed by atoms with Gasteiger partial charge in [-0.15, -0.1) is 0 Å². The Bertz CT molecular complexity index is 445. The van der Waals surface area contributed by atoms with Gasteiger partial charge in [-0.2, -0.15) is 0 Å². The minimum absolute atomic E-state index is 0.00541. The first kappa shape index (κ1) is 13.5. The van der Waals surface area contributed by atoms with E-state index in [0.717, 1.165) is 0 Å². The molecule has 17 heavy (non-hydrogen) atoms. The zero-order chi connectivity index (χ0) is 13.0. The molecular weight excluding hydrogens is 242 g/mol. The number of aromatic carboxylic acids is 1. The van der Waals surface area contributed by atoms with Crippen LogP contribution in [0.4, 0.5) is 5.69 Å². The van der Waals surface area contributed by atoms with Gasteiger partial charge in [-0.3, -0.25) is 4.79 Å². The smallest absolute Gasteiger partial charge is 0.337 e. The van der Waals surface area contributed by atoms with Gasteiger partial charge in [0.05, 0.1) is 16.3 Å². The van der Waals surface area contributed by atoms with Crippen LogP contribution in [0.3, 0.4) is 0 Å². The first-order chi connectivity index (χ1) is 7.97. The van der Waals surface area contributed by atoms with E-state index >= 15 is 0 Å². The van der Waals surface area contributed by atoms with Crippen molar-refractivity contribution in [2.75, 3.05) is 5.32 Å². The number of benzene rings is 1. The van der Waals surface area contributed by atoms with Gasteiger partial charge < -0.3 is 10.4 Å². The summed E-state index contributed by atoms with van der Waals surface area (Å²) < 4.78 is 0. The molecule has 4 nitrogen and oxygen atoms in total. The van der Waals surface area contributed by atoms with Crippen molar-refractivity contribution >= 4 is 29.2 Å². The molecule has 1 aromatic carbocycles. The Morgan fingerprint density at radius 1 is 1.47 bits per heavy atom. The highest BCUT2D eigenvalue weighted by Crippen LogP contribution is 2.26. The second-order valence-electron chi connectivity index (χ2n) is 3.77. The Morgan fingerprint density at radius 3 is 2.65 bits per heavy atom. The third-order valence-electron chi connectivity index (χ3n) is 2.55. The average molecular weight is 256 g/mol. The summed E-state index contributed by atoms with van der Waals surface area (Å²) in [5.74, 6) is -1.54. The van der Waals surface area contributed by atoms with Crippen LogP contribution < -0.4 is 5.32 Å². The fraction of sp³-hybridized carbons (Fsp3) is 0.333. The lowest BCUT2D eigenvalue weighted by Gasteiger charge is -2.13. The molecule has 1 atom stereocenters. The number of hydrogen-bond acceptors (Lipinski definition) is 2. The van der Waals surface area contributed by atoms with Crippen molar-refractivity contribution in [1.29, 1.82) is 0 Å². The molecule has 0 aliphatic carbocycles. The third kappa shape index (κ3) is 3.20. The number of amides is 1. The maximum Gasteiger partial charge on any atom is 0.337 e. The Morgan fingerprint density at radius 2 is 2.12 bits per heavy atom. The summed E-state index contributed by atoms with van der Waals surface area (Å²) in [5.41, 5.74) is 0.154. The molecule has 92 valence electrons. The van der Waals surface area contributed by atoms with Crippen molar-refractivity contribution in [3.8, 4) is 0 Å². The van der Waals surface area contributed by atoms with E-state index in [1.165, 1.54) is 12.1 Å². The van der Waals surface area contributed by atoms with E-state index in [1.54, 1.807) is 13.0 Å². The van der Waals surface area contributed by atoms with E-state index in [9.17, 15) is 9.59 Å². The minimum Gasteiger partial charge on any atom is -0.478 e. The van der Waals surface area contributed by atoms with E-state index in [4.69, 9.17) is 16.7 Å². The van der Waals surface area contributed by atoms with E-state index < -0.39 is 5.97 Å². The van der Waals surface area contributed by atoms with Crippen LogP contribution in [0.15, 0.2) is 18.2 Å². The number of para-hydroxylation sites is 1. The highest BCUT2D eigenvalue weighted by atomic mass is 35.5. The van der Waals surface area contributed by atoms with E-state index in [-0.39, 0.29) is 28.1 Å². The van der Waals surface area contributed by atoms with Crippen molar-refractivity contribution in [3.05, 3.63) is 28.8 Å². The van der Waals surface area contributed by atoms with Crippen LogP contribution in [0.25, 0.3) is 0 Å². The zero-order valence-electron chi connectivity index (χ0n) is 9.66. The standard InChI is InChI=1S/C12H14ClNO3/c1-3-7(2)11(15)14-10-8(12(16)17)5-4-6-9(10)13/h4-7H,3H2,1-2H3,(H,14,15)(H,16,17). The molecule has 0 saturated carbocycles. The summed E-state index contributed by atoms with van der Waals surface area (Å²) in [4.78, 5) is 22.7. The first-order valence-electron chi connectivity index (χ1n) is 5.30. The fourth-order valence-electron chi connectivity index (χ4n) is 1.26. The summed E-state index contributed by atoms with van der Waals surface area (Å²) in [6, 6.07) is 4.48. The molecule has 0 heterocycles. The predicted molar refractivity (Wildman–Crippen MR) is 66.5 cm³/mol. The van der Waals surface area contributed by atoms with Gasteiger partial charge in [0, 0.05) is 5.92 Å². The lowest BCUT2D eigenvalue weighted by molar-refractivity contribution is -0.119. The van der Waals surface area contributed by atoms with Crippen molar-refractivity contribution in [2.45, 2.75) is 20.3 Å². The molecule has 1 rings (SSSR count). The number of carboxylic acid groups (broad SMARTS) is 1. The summed E-state index contributed by atoms with van der Waals surface area (Å²) in [6.07, 6.45) is 0.679. The van der Waals surface area contributed by atoms with Crippen LogP contribution in [-0.2, 0) is 4.79 Å². The summed E-state index contributed by atoms with van der Waals surface area (Å²) >= 11 is 5.89. The quantitative estimate of drug-likeness (QED) is 0.869. The Kier molecular flexibility index (Phi) is 4.52. The SMILES string of the molecule is CCC(C)C(=O)Nc1c(Cl)cccc1C(=O)O. The third-order valence-corrected chi connectivity index (χ3v) is 2.87. The molecule has 0 spiro atoms. The van der Waals surface area contributed by atoms with Gasteiger partial charge in [-0.1, -0.05) is 31.5 Å². The van der Waals surface area contributed by atoms with Gasteiger partial charge in [0.15, 0.2) is 0 Å². The molecule has 0 aliphatic heterocycles. The van der Waals surface area contributed by atoms with E-state index in [0.29, 0.717) is 6.42 Å². The van der Waals surface area contributed by atoms with Crippen LogP contribution in [0.5, 0.6) is 0 Å². The van der Waals surface area contributed by atoms with Gasteiger partial charge in [0.25, 0.3) is 0 Å². The normalized spacial score (nSPS) is 11.9. The average Bonchev–Trinajstić information content (AvgIpc) is 2.30. The van der Waals surface area contributed by atoms with Crippen molar-refractivity contribution in [2.24, 2.45) is 5.92 Å². The van der Waals surface area contributed by atoms with Gasteiger partial charge in [0.2, 0.25) is 5.91 Å². The number of nitrogens with one attached hydrogen (secondary N) is 1. The topological polar surface area (TPSA) is 66.4 Å². The Balaban J connectivity index is 3.05. The lowest BCUT2D eigenvalue weighted by atomic mass is 10.1. The molecule has 1 amide bonds. The van der Waals surface area contributed by atoms with Gasteiger partial charge >= 0.3 is 5.97 Å². The van der Waals surface area contributed by atoms with Crippen molar-refractivity contribution < 1.29 is 14.7 Å². The minimum atomic E-state index is -1.12. The number of anilines is 1. The molecule has 0 bridgehead atoms. The van der Waals surface area contributed by atoms with Gasteiger partial charge in [0.1, 0.15) is 0 Å². The molecule has 0 fully saturated rings. The molecule has 0 radical (unpaired) electrons. The van der Waals surface area contributed by atoms with Crippen LogP contribution in [0.1, 0.15) is 30.6 Å². The predicted octanol–water partition coefficient (Wildman–Crippen LogP) is 3.02. The van der Waals surface area contributed by atoms with Gasteiger partial charge in [-0.25, -0.2) is 4.79 Å². The molecule has 1 unspecified atom stereocenters. The molecule has 0 aromatic heterocycles. The first-order valence-corrected chi connectivity index (χ1v) is 5.67. The molecule has 2 N–H and O–H groups in total. The summed E-state index contributed by atoms with van der Waals surface area (Å²) in [7, 11) is 0. The van der Waals surface area contributed by atoms with Crippen molar-refractivity contribution in [1.82, 2.24) is 0 Å². The Labute approximate surface area is 105 Å². The van der Waals surface area contributed by atoms with Crippen LogP contribution >= 0.6 is 11.6 Å². The maximum atomic E-state index is 11.7. The molecule has 1 aromatic rings. The lowest BCUT2D eigenvalue weighted by Crippen LogP contribution is -2.21.